The molecule has 0 aromatic carbocycles. The first-order valence-corrected chi connectivity index (χ1v) is 7.58. The van der Waals surface area contributed by atoms with Crippen LogP contribution in [0.4, 0.5) is 0 Å². The number of aromatic nitrogens is 2. The van der Waals surface area contributed by atoms with Gasteiger partial charge in [0.1, 0.15) is 5.82 Å². The molecule has 1 atom stereocenters. The molecule has 0 radical (unpaired) electrons. The van der Waals surface area contributed by atoms with E-state index in [4.69, 9.17) is 4.74 Å². The summed E-state index contributed by atoms with van der Waals surface area (Å²) in [6.07, 6.45) is 6.17. The Balaban J connectivity index is 2.05. The number of pyridine rings is 1. The average molecular weight is 276 g/mol. The number of carbonyl (C=O) groups is 1. The summed E-state index contributed by atoms with van der Waals surface area (Å²) >= 11 is 1.98. The lowest BCUT2D eigenvalue weighted by Crippen LogP contribution is -2.12. The van der Waals surface area contributed by atoms with Crippen molar-refractivity contribution < 1.29 is 9.53 Å². The van der Waals surface area contributed by atoms with Crippen LogP contribution < -0.4 is 0 Å². The fourth-order valence-electron chi connectivity index (χ4n) is 2.57. The summed E-state index contributed by atoms with van der Waals surface area (Å²) in [4.78, 5) is 16.3. The molecule has 0 aliphatic carbocycles. The fourth-order valence-corrected chi connectivity index (χ4v) is 3.71. The number of rotatable bonds is 2. The van der Waals surface area contributed by atoms with E-state index in [1.807, 2.05) is 28.4 Å². The molecule has 1 fully saturated rings. The van der Waals surface area contributed by atoms with E-state index in [0.717, 1.165) is 17.1 Å². The third-order valence-corrected chi connectivity index (χ3v) is 4.75. The Hall–Kier alpha value is -1.49. The SMILES string of the molecule is COC(=O)c1cccn2c(C3CCCSC3)ncc12. The van der Waals surface area contributed by atoms with Gasteiger partial charge >= 0.3 is 5.97 Å². The molecule has 1 unspecified atom stereocenters. The molecule has 0 bridgehead atoms. The zero-order valence-corrected chi connectivity index (χ0v) is 11.7. The number of ether oxygens (including phenoxy) is 1. The summed E-state index contributed by atoms with van der Waals surface area (Å²) in [7, 11) is 1.40. The molecule has 0 N–H and O–H groups in total. The van der Waals surface area contributed by atoms with Gasteiger partial charge in [-0.05, 0) is 30.7 Å². The molecule has 0 spiro atoms. The minimum atomic E-state index is -0.310. The van der Waals surface area contributed by atoms with Crippen LogP contribution in [-0.2, 0) is 4.74 Å². The van der Waals surface area contributed by atoms with Crippen LogP contribution in [0.15, 0.2) is 24.5 Å². The van der Waals surface area contributed by atoms with Crippen LogP contribution in [0.5, 0.6) is 0 Å². The fraction of sp³-hybridized carbons (Fsp3) is 0.429. The Labute approximate surface area is 116 Å². The second kappa shape index (κ2) is 5.25. The Kier molecular flexibility index (Phi) is 3.46. The maximum atomic E-state index is 11.7. The molecular formula is C14H16N2O2S. The third kappa shape index (κ3) is 2.23. The topological polar surface area (TPSA) is 43.6 Å². The first-order valence-electron chi connectivity index (χ1n) is 6.43. The number of thioether (sulfide) groups is 1. The second-order valence-corrected chi connectivity index (χ2v) is 5.85. The standard InChI is InChI=1S/C14H16N2O2S/c1-18-14(17)11-5-2-6-16-12(11)8-15-13(16)10-4-3-7-19-9-10/h2,5-6,8,10H,3-4,7,9H2,1H3. The lowest BCUT2D eigenvalue weighted by atomic mass is 10.0. The van der Waals surface area contributed by atoms with Gasteiger partial charge in [-0.1, -0.05) is 0 Å². The first kappa shape index (κ1) is 12.5. The lowest BCUT2D eigenvalue weighted by molar-refractivity contribution is 0.0602. The van der Waals surface area contributed by atoms with E-state index >= 15 is 0 Å². The number of carbonyl (C=O) groups excluding carboxylic acids is 1. The van der Waals surface area contributed by atoms with Crippen LogP contribution in [-0.4, -0.2) is 34.0 Å². The van der Waals surface area contributed by atoms with Crippen molar-refractivity contribution in [3.05, 3.63) is 35.9 Å². The lowest BCUT2D eigenvalue weighted by Gasteiger charge is -2.20. The summed E-state index contributed by atoms with van der Waals surface area (Å²) in [5.74, 6) is 3.59. The van der Waals surface area contributed by atoms with Gasteiger partial charge in [0.05, 0.1) is 24.4 Å². The van der Waals surface area contributed by atoms with Crippen molar-refractivity contribution >= 4 is 23.2 Å². The number of nitrogens with zero attached hydrogens (tertiary/aromatic N) is 2. The quantitative estimate of drug-likeness (QED) is 0.791. The predicted molar refractivity (Wildman–Crippen MR) is 75.8 cm³/mol. The van der Waals surface area contributed by atoms with Crippen molar-refractivity contribution in [3.63, 3.8) is 0 Å². The van der Waals surface area contributed by atoms with Crippen molar-refractivity contribution in [3.8, 4) is 0 Å². The molecule has 0 saturated carbocycles. The van der Waals surface area contributed by atoms with E-state index in [-0.39, 0.29) is 5.97 Å². The van der Waals surface area contributed by atoms with E-state index in [9.17, 15) is 4.79 Å². The van der Waals surface area contributed by atoms with Crippen LogP contribution >= 0.6 is 11.8 Å². The largest absolute Gasteiger partial charge is 0.465 e. The Morgan fingerprint density at radius 1 is 1.58 bits per heavy atom. The van der Waals surface area contributed by atoms with Gasteiger partial charge < -0.3 is 9.14 Å². The third-order valence-electron chi connectivity index (χ3n) is 3.53. The summed E-state index contributed by atoms with van der Waals surface area (Å²) in [6.45, 7) is 0. The number of imidazole rings is 1. The van der Waals surface area contributed by atoms with Gasteiger partial charge in [0, 0.05) is 17.9 Å². The molecule has 4 nitrogen and oxygen atoms in total. The van der Waals surface area contributed by atoms with E-state index in [1.165, 1.54) is 25.7 Å². The number of hydrogen-bond donors (Lipinski definition) is 0. The summed E-state index contributed by atoms with van der Waals surface area (Å²) < 4.78 is 6.85. The van der Waals surface area contributed by atoms with E-state index in [2.05, 4.69) is 4.98 Å². The normalized spacial score (nSPS) is 19.5. The highest BCUT2D eigenvalue weighted by molar-refractivity contribution is 7.99. The molecule has 0 amide bonds. The number of esters is 1. The zero-order chi connectivity index (χ0) is 13.2. The number of methoxy groups -OCH3 is 1. The predicted octanol–water partition coefficient (Wildman–Crippen LogP) is 2.73. The highest BCUT2D eigenvalue weighted by Gasteiger charge is 2.21. The minimum absolute atomic E-state index is 0.310. The van der Waals surface area contributed by atoms with Crippen molar-refractivity contribution in [2.75, 3.05) is 18.6 Å². The minimum Gasteiger partial charge on any atom is -0.465 e. The first-order chi connectivity index (χ1) is 9.31. The number of fused-ring (bicyclic) bond motifs is 1. The van der Waals surface area contributed by atoms with Gasteiger partial charge in [-0.3, -0.25) is 0 Å². The van der Waals surface area contributed by atoms with E-state index in [1.54, 1.807) is 12.3 Å². The van der Waals surface area contributed by atoms with Crippen LogP contribution in [0, 0.1) is 0 Å². The van der Waals surface area contributed by atoms with E-state index in [0.29, 0.717) is 11.5 Å². The van der Waals surface area contributed by atoms with Crippen LogP contribution in [0.1, 0.15) is 34.9 Å². The molecule has 2 aromatic rings. The highest BCUT2D eigenvalue weighted by atomic mass is 32.2. The van der Waals surface area contributed by atoms with Crippen LogP contribution in [0.25, 0.3) is 5.52 Å². The monoisotopic (exact) mass is 276 g/mol. The Bertz CT molecular complexity index is 603. The summed E-state index contributed by atoms with van der Waals surface area (Å²) in [6, 6.07) is 3.66. The van der Waals surface area contributed by atoms with Gasteiger partial charge in [0.25, 0.3) is 0 Å². The van der Waals surface area contributed by atoms with Gasteiger partial charge in [0.15, 0.2) is 0 Å². The molecule has 1 saturated heterocycles. The molecule has 1 aliphatic rings. The van der Waals surface area contributed by atoms with E-state index < -0.39 is 0 Å². The molecule has 2 aromatic heterocycles. The van der Waals surface area contributed by atoms with Crippen LogP contribution in [0.2, 0.25) is 0 Å². The van der Waals surface area contributed by atoms with Gasteiger partial charge in [0.2, 0.25) is 0 Å². The number of hydrogen-bond acceptors (Lipinski definition) is 4. The zero-order valence-electron chi connectivity index (χ0n) is 10.8. The maximum Gasteiger partial charge on any atom is 0.340 e. The van der Waals surface area contributed by atoms with Crippen molar-refractivity contribution in [1.82, 2.24) is 9.38 Å². The molecule has 1 aliphatic heterocycles. The second-order valence-electron chi connectivity index (χ2n) is 4.70. The highest BCUT2D eigenvalue weighted by Crippen LogP contribution is 2.31. The smallest absolute Gasteiger partial charge is 0.340 e. The van der Waals surface area contributed by atoms with Gasteiger partial charge in [-0.25, -0.2) is 9.78 Å². The Morgan fingerprint density at radius 2 is 2.47 bits per heavy atom. The van der Waals surface area contributed by atoms with Gasteiger partial charge in [-0.2, -0.15) is 11.8 Å². The van der Waals surface area contributed by atoms with Crippen LogP contribution in [0.3, 0.4) is 0 Å². The molecule has 3 heterocycles. The van der Waals surface area contributed by atoms with Crippen molar-refractivity contribution in [2.24, 2.45) is 0 Å². The molecule has 19 heavy (non-hydrogen) atoms. The molecular weight excluding hydrogens is 260 g/mol. The van der Waals surface area contributed by atoms with Gasteiger partial charge in [-0.15, -0.1) is 0 Å². The maximum absolute atomic E-state index is 11.7. The molecule has 3 rings (SSSR count). The molecule has 5 heteroatoms. The summed E-state index contributed by atoms with van der Waals surface area (Å²) in [5, 5.41) is 0. The average Bonchev–Trinajstić information content (AvgIpc) is 2.91. The van der Waals surface area contributed by atoms with Crippen molar-refractivity contribution in [2.45, 2.75) is 18.8 Å². The van der Waals surface area contributed by atoms with Crippen molar-refractivity contribution in [1.29, 1.82) is 0 Å². The summed E-state index contributed by atoms with van der Waals surface area (Å²) in [5.41, 5.74) is 1.41. The Morgan fingerprint density at radius 3 is 3.21 bits per heavy atom. The molecule has 100 valence electrons.